The molecule has 5 heterocycles. The molecule has 11 heteroatoms. The number of amides is 1. The van der Waals surface area contributed by atoms with Crippen LogP contribution in [0.2, 0.25) is 0 Å². The van der Waals surface area contributed by atoms with Crippen LogP contribution in [-0.4, -0.2) is 81.4 Å². The van der Waals surface area contributed by atoms with Crippen molar-refractivity contribution in [1.29, 1.82) is 0 Å². The number of hydrogen-bond acceptors (Lipinski definition) is 9. The molecule has 3 fully saturated rings. The van der Waals surface area contributed by atoms with Crippen LogP contribution < -0.4 is 11.1 Å². The number of fused-ring (bicyclic) bond motifs is 2. The second kappa shape index (κ2) is 9.44. The van der Waals surface area contributed by atoms with Gasteiger partial charge in [0.2, 0.25) is 0 Å². The number of nitrogens with two attached hydrogens (primary N) is 1. The van der Waals surface area contributed by atoms with Crippen molar-refractivity contribution in [3.8, 4) is 0 Å². The molecule has 3 saturated heterocycles. The zero-order valence-corrected chi connectivity index (χ0v) is 21.8. The summed E-state index contributed by atoms with van der Waals surface area (Å²) in [6.45, 7) is 12.8. The second-order valence-corrected chi connectivity index (χ2v) is 11.5. The van der Waals surface area contributed by atoms with Gasteiger partial charge in [0.15, 0.2) is 12.0 Å². The van der Waals surface area contributed by atoms with Crippen LogP contribution in [0.3, 0.4) is 0 Å². The highest BCUT2D eigenvalue weighted by atomic mass is 16.8. The molecule has 0 spiro atoms. The average Bonchev–Trinajstić information content (AvgIpc) is 3.52. The topological polar surface area (TPSA) is 126 Å². The molecule has 2 aromatic heterocycles. The van der Waals surface area contributed by atoms with E-state index in [4.69, 9.17) is 24.7 Å². The lowest BCUT2D eigenvalue weighted by Gasteiger charge is -2.27. The molecule has 5 atom stereocenters. The van der Waals surface area contributed by atoms with Gasteiger partial charge in [-0.15, -0.1) is 0 Å². The maximum absolute atomic E-state index is 11.9. The van der Waals surface area contributed by atoms with Gasteiger partial charge >= 0.3 is 6.09 Å². The van der Waals surface area contributed by atoms with E-state index in [2.05, 4.69) is 20.2 Å². The molecule has 3 aliphatic heterocycles. The summed E-state index contributed by atoms with van der Waals surface area (Å²) in [6.07, 6.45) is 4.08. The molecule has 0 saturated carbocycles. The van der Waals surface area contributed by atoms with Gasteiger partial charge < -0.3 is 39.5 Å². The highest BCUT2D eigenvalue weighted by molar-refractivity contribution is 5.86. The number of ether oxygens (including phenoxy) is 4. The van der Waals surface area contributed by atoms with Crippen LogP contribution in [-0.2, 0) is 18.9 Å². The lowest BCUT2D eigenvalue weighted by molar-refractivity contribution is -0.197. The monoisotopic (exact) mass is 502 g/mol. The number of rotatable bonds is 6. The van der Waals surface area contributed by atoms with E-state index >= 15 is 0 Å². The molecule has 2 aromatic rings. The van der Waals surface area contributed by atoms with E-state index in [1.54, 1.807) is 0 Å². The van der Waals surface area contributed by atoms with Gasteiger partial charge in [0, 0.05) is 25.8 Å². The smallest absolute Gasteiger partial charge is 0.407 e. The predicted molar refractivity (Wildman–Crippen MR) is 133 cm³/mol. The number of nitrogens with one attached hydrogen (secondary N) is 1. The number of carbonyl (C=O) groups excluding carboxylic acids is 1. The van der Waals surface area contributed by atoms with E-state index in [9.17, 15) is 4.79 Å². The molecular weight excluding hydrogens is 464 g/mol. The lowest BCUT2D eigenvalue weighted by Crippen LogP contribution is -2.39. The van der Waals surface area contributed by atoms with Crippen molar-refractivity contribution in [2.24, 2.45) is 5.92 Å². The van der Waals surface area contributed by atoms with Gasteiger partial charge in [0.25, 0.3) is 0 Å². The molecule has 11 nitrogen and oxygen atoms in total. The summed E-state index contributed by atoms with van der Waals surface area (Å²) in [4.78, 5) is 22.9. The number of alkyl carbamates (subject to hydrolysis) is 1. The van der Waals surface area contributed by atoms with Gasteiger partial charge in [0.05, 0.1) is 5.39 Å². The Morgan fingerprint density at radius 1 is 1.28 bits per heavy atom. The van der Waals surface area contributed by atoms with Crippen LogP contribution >= 0.6 is 0 Å². The molecule has 198 valence electrons. The number of nitrogen functional groups attached to an aromatic ring is 1. The van der Waals surface area contributed by atoms with Crippen molar-refractivity contribution in [3.63, 3.8) is 0 Å². The van der Waals surface area contributed by atoms with Gasteiger partial charge in [0.1, 0.15) is 41.7 Å². The van der Waals surface area contributed by atoms with Crippen LogP contribution in [0.5, 0.6) is 0 Å². The van der Waals surface area contributed by atoms with Gasteiger partial charge in [-0.3, -0.25) is 0 Å². The zero-order valence-electron chi connectivity index (χ0n) is 21.8. The SMILES string of the molecule is CC(C)(C)OC(=O)NCCC1CCN(C[C@H]2O[C@@H](n3ccc4c(N)ncnc43)[C@@H]3OC(C)(C)O[C@@H]32)C1. The van der Waals surface area contributed by atoms with E-state index in [1.165, 1.54) is 6.33 Å². The molecule has 36 heavy (non-hydrogen) atoms. The number of hydrogen-bond donors (Lipinski definition) is 2. The molecule has 0 radical (unpaired) electrons. The largest absolute Gasteiger partial charge is 0.444 e. The summed E-state index contributed by atoms with van der Waals surface area (Å²) in [5.41, 5.74) is 6.28. The molecule has 3 N–H and O–H groups in total. The van der Waals surface area contributed by atoms with E-state index in [0.717, 1.165) is 43.5 Å². The van der Waals surface area contributed by atoms with Crippen molar-refractivity contribution in [3.05, 3.63) is 18.6 Å². The van der Waals surface area contributed by atoms with Gasteiger partial charge in [-0.2, -0.15) is 0 Å². The quantitative estimate of drug-likeness (QED) is 0.613. The van der Waals surface area contributed by atoms with Crippen molar-refractivity contribution >= 4 is 22.9 Å². The fourth-order valence-electron chi connectivity index (χ4n) is 5.49. The Morgan fingerprint density at radius 2 is 2.06 bits per heavy atom. The minimum atomic E-state index is -0.687. The van der Waals surface area contributed by atoms with Crippen molar-refractivity contribution < 1.29 is 23.7 Å². The summed E-state index contributed by atoms with van der Waals surface area (Å²) in [7, 11) is 0. The zero-order chi connectivity index (χ0) is 25.7. The molecular formula is C25H38N6O5. The first-order valence-electron chi connectivity index (χ1n) is 12.8. The van der Waals surface area contributed by atoms with Crippen LogP contribution in [0.15, 0.2) is 18.6 Å². The molecule has 5 rings (SSSR count). The van der Waals surface area contributed by atoms with E-state index in [0.29, 0.717) is 18.3 Å². The molecule has 0 aromatic carbocycles. The Labute approximate surface area is 211 Å². The van der Waals surface area contributed by atoms with Crippen molar-refractivity contribution in [2.75, 3.05) is 31.9 Å². The Bertz CT molecular complexity index is 1100. The Balaban J connectivity index is 1.20. The fraction of sp³-hybridized carbons (Fsp3) is 0.720. The summed E-state index contributed by atoms with van der Waals surface area (Å²) >= 11 is 0. The first-order valence-corrected chi connectivity index (χ1v) is 12.8. The Kier molecular flexibility index (Phi) is 6.61. The summed E-state index contributed by atoms with van der Waals surface area (Å²) in [6, 6.07) is 1.91. The third-order valence-electron chi connectivity index (χ3n) is 6.97. The predicted octanol–water partition coefficient (Wildman–Crippen LogP) is 2.67. The van der Waals surface area contributed by atoms with Gasteiger partial charge in [-0.25, -0.2) is 14.8 Å². The highest BCUT2D eigenvalue weighted by Gasteiger charge is 2.56. The maximum atomic E-state index is 11.9. The number of likely N-dealkylation sites (tertiary alicyclic amines) is 1. The first-order chi connectivity index (χ1) is 17.0. The molecule has 0 aliphatic carbocycles. The van der Waals surface area contributed by atoms with Crippen LogP contribution in [0, 0.1) is 5.92 Å². The fourth-order valence-corrected chi connectivity index (χ4v) is 5.49. The van der Waals surface area contributed by atoms with Crippen molar-refractivity contribution in [2.45, 2.75) is 83.4 Å². The normalized spacial score (nSPS) is 30.1. The standard InChI is InChI=1S/C25H38N6O5/c1-24(2,3)36-23(32)27-9-6-15-7-10-30(12-15)13-17-18-19(35-25(4,5)34-18)22(33-17)31-11-8-16-20(26)28-14-29-21(16)31/h8,11,14-15,17-19,22H,6-7,9-10,12-13H2,1-5H3,(H,27,32)(H2,26,28,29)/t15?,17-,18-,19-,22-/m1/s1. The summed E-state index contributed by atoms with van der Waals surface area (Å²) in [5, 5.41) is 3.66. The summed E-state index contributed by atoms with van der Waals surface area (Å²) < 4.78 is 26.5. The van der Waals surface area contributed by atoms with Crippen LogP contribution in [0.1, 0.15) is 53.7 Å². The third-order valence-corrected chi connectivity index (χ3v) is 6.97. The number of anilines is 1. The molecule has 1 amide bonds. The highest BCUT2D eigenvalue weighted by Crippen LogP contribution is 2.44. The number of carbonyl (C=O) groups is 1. The number of nitrogens with zero attached hydrogens (tertiary/aromatic N) is 4. The van der Waals surface area contributed by atoms with E-state index < -0.39 is 11.4 Å². The first kappa shape index (κ1) is 25.2. The number of aromatic nitrogens is 3. The van der Waals surface area contributed by atoms with Gasteiger partial charge in [-0.1, -0.05) is 0 Å². The van der Waals surface area contributed by atoms with Crippen LogP contribution in [0.4, 0.5) is 10.6 Å². The third kappa shape index (κ3) is 5.29. The lowest BCUT2D eigenvalue weighted by atomic mass is 10.1. The van der Waals surface area contributed by atoms with E-state index in [1.807, 2.05) is 51.4 Å². The molecule has 0 bridgehead atoms. The molecule has 1 unspecified atom stereocenters. The Morgan fingerprint density at radius 3 is 2.83 bits per heavy atom. The summed E-state index contributed by atoms with van der Waals surface area (Å²) in [5.74, 6) is 0.268. The van der Waals surface area contributed by atoms with E-state index in [-0.39, 0.29) is 30.6 Å². The minimum absolute atomic E-state index is 0.142. The van der Waals surface area contributed by atoms with Crippen molar-refractivity contribution in [1.82, 2.24) is 24.8 Å². The van der Waals surface area contributed by atoms with Crippen LogP contribution in [0.25, 0.3) is 11.0 Å². The minimum Gasteiger partial charge on any atom is -0.444 e. The second-order valence-electron chi connectivity index (χ2n) is 11.5. The maximum Gasteiger partial charge on any atom is 0.407 e. The molecule has 3 aliphatic rings. The van der Waals surface area contributed by atoms with Gasteiger partial charge in [-0.05, 0) is 66.0 Å². The Hall–Kier alpha value is -2.47. The average molecular weight is 503 g/mol.